The molecule has 2 aromatic rings. The van der Waals surface area contributed by atoms with Gasteiger partial charge in [-0.15, -0.1) is 0 Å². The lowest BCUT2D eigenvalue weighted by Crippen LogP contribution is -2.12. The van der Waals surface area contributed by atoms with Gasteiger partial charge in [0, 0.05) is 21.8 Å². The minimum atomic E-state index is -0.387. The SMILES string of the molecule is Cc1cc(-c2ccccc2Cl)c(C#N)c(=O)[nH]1. The van der Waals surface area contributed by atoms with Crippen molar-refractivity contribution in [3.8, 4) is 17.2 Å². The van der Waals surface area contributed by atoms with E-state index in [4.69, 9.17) is 16.9 Å². The molecule has 0 atom stereocenters. The standard InChI is InChI=1S/C13H9ClN2O/c1-8-6-10(11(7-15)13(17)16-8)9-4-2-3-5-12(9)14/h2-6H,1H3,(H,16,17). The van der Waals surface area contributed by atoms with Crippen molar-refractivity contribution >= 4 is 11.6 Å². The Morgan fingerprint density at radius 2 is 2.00 bits per heavy atom. The Balaban J connectivity index is 2.81. The van der Waals surface area contributed by atoms with Crippen molar-refractivity contribution in [2.24, 2.45) is 0 Å². The Labute approximate surface area is 103 Å². The molecule has 0 saturated carbocycles. The molecule has 0 spiro atoms. The first kappa shape index (κ1) is 11.4. The average molecular weight is 245 g/mol. The van der Waals surface area contributed by atoms with Gasteiger partial charge in [-0.05, 0) is 19.1 Å². The maximum absolute atomic E-state index is 11.7. The molecule has 0 radical (unpaired) electrons. The van der Waals surface area contributed by atoms with Gasteiger partial charge in [0.05, 0.1) is 0 Å². The number of rotatable bonds is 1. The molecule has 0 bridgehead atoms. The second kappa shape index (κ2) is 4.44. The van der Waals surface area contributed by atoms with Crippen molar-refractivity contribution in [2.75, 3.05) is 0 Å². The maximum atomic E-state index is 11.7. The number of hydrogen-bond acceptors (Lipinski definition) is 2. The first-order valence-electron chi connectivity index (χ1n) is 5.02. The third-order valence-electron chi connectivity index (χ3n) is 2.44. The molecular weight excluding hydrogens is 236 g/mol. The van der Waals surface area contributed by atoms with Crippen LogP contribution in [0.5, 0.6) is 0 Å². The minimum absolute atomic E-state index is 0.0868. The Morgan fingerprint density at radius 3 is 2.65 bits per heavy atom. The van der Waals surface area contributed by atoms with Crippen LogP contribution in [0.25, 0.3) is 11.1 Å². The average Bonchev–Trinajstić information content (AvgIpc) is 2.28. The Morgan fingerprint density at radius 1 is 1.29 bits per heavy atom. The van der Waals surface area contributed by atoms with Gasteiger partial charge < -0.3 is 4.98 Å². The molecule has 0 aliphatic carbocycles. The number of nitriles is 1. The number of H-pyrrole nitrogens is 1. The molecule has 17 heavy (non-hydrogen) atoms. The fourth-order valence-electron chi connectivity index (χ4n) is 1.69. The highest BCUT2D eigenvalue weighted by molar-refractivity contribution is 6.33. The number of benzene rings is 1. The van der Waals surface area contributed by atoms with Gasteiger partial charge in [-0.2, -0.15) is 5.26 Å². The molecule has 3 nitrogen and oxygen atoms in total. The fraction of sp³-hybridized carbons (Fsp3) is 0.0769. The number of aromatic amines is 1. The number of hydrogen-bond donors (Lipinski definition) is 1. The first-order valence-corrected chi connectivity index (χ1v) is 5.40. The van der Waals surface area contributed by atoms with Crippen LogP contribution < -0.4 is 5.56 Å². The van der Waals surface area contributed by atoms with Gasteiger partial charge in [-0.25, -0.2) is 0 Å². The van der Waals surface area contributed by atoms with Crippen LogP contribution in [-0.4, -0.2) is 4.98 Å². The molecule has 1 aromatic carbocycles. The highest BCUT2D eigenvalue weighted by Gasteiger charge is 2.12. The lowest BCUT2D eigenvalue weighted by molar-refractivity contribution is 1.13. The second-order valence-electron chi connectivity index (χ2n) is 3.66. The maximum Gasteiger partial charge on any atom is 0.266 e. The number of nitrogens with zero attached hydrogens (tertiary/aromatic N) is 1. The molecule has 84 valence electrons. The summed E-state index contributed by atoms with van der Waals surface area (Å²) >= 11 is 6.07. The minimum Gasteiger partial charge on any atom is -0.325 e. The zero-order chi connectivity index (χ0) is 12.4. The number of aryl methyl sites for hydroxylation is 1. The molecule has 0 aliphatic rings. The summed E-state index contributed by atoms with van der Waals surface area (Å²) < 4.78 is 0. The van der Waals surface area contributed by atoms with Crippen molar-refractivity contribution in [2.45, 2.75) is 6.92 Å². The number of nitrogens with one attached hydrogen (secondary N) is 1. The quantitative estimate of drug-likeness (QED) is 0.839. The van der Waals surface area contributed by atoms with Crippen LogP contribution in [0.4, 0.5) is 0 Å². The monoisotopic (exact) mass is 244 g/mol. The van der Waals surface area contributed by atoms with Crippen molar-refractivity contribution in [1.82, 2.24) is 4.98 Å². The van der Waals surface area contributed by atoms with Crippen molar-refractivity contribution in [3.05, 3.63) is 57.0 Å². The van der Waals surface area contributed by atoms with Crippen LogP contribution in [-0.2, 0) is 0 Å². The van der Waals surface area contributed by atoms with Gasteiger partial charge in [0.15, 0.2) is 0 Å². The number of aromatic nitrogens is 1. The summed E-state index contributed by atoms with van der Waals surface area (Å²) in [7, 11) is 0. The fourth-order valence-corrected chi connectivity index (χ4v) is 1.93. The molecular formula is C13H9ClN2O. The first-order chi connectivity index (χ1) is 8.13. The Kier molecular flexibility index (Phi) is 2.99. The van der Waals surface area contributed by atoms with Gasteiger partial charge in [0.25, 0.3) is 5.56 Å². The third kappa shape index (κ3) is 2.08. The smallest absolute Gasteiger partial charge is 0.266 e. The van der Waals surface area contributed by atoms with E-state index in [1.54, 1.807) is 31.2 Å². The van der Waals surface area contributed by atoms with Gasteiger partial charge in [0.2, 0.25) is 0 Å². The summed E-state index contributed by atoms with van der Waals surface area (Å²) in [5.41, 5.74) is 1.66. The molecule has 0 aliphatic heterocycles. The van der Waals surface area contributed by atoms with Gasteiger partial charge in [-0.3, -0.25) is 4.79 Å². The Bertz CT molecular complexity index is 668. The Hall–Kier alpha value is -2.05. The number of pyridine rings is 1. The van der Waals surface area contributed by atoms with Gasteiger partial charge in [-0.1, -0.05) is 29.8 Å². The molecule has 2 rings (SSSR count). The normalized spacial score (nSPS) is 9.94. The molecule has 1 heterocycles. The summed E-state index contributed by atoms with van der Waals surface area (Å²) in [6.45, 7) is 1.77. The van der Waals surface area contributed by atoms with Crippen LogP contribution in [0.1, 0.15) is 11.3 Å². The molecule has 1 N–H and O–H groups in total. The van der Waals surface area contributed by atoms with Crippen LogP contribution in [0.2, 0.25) is 5.02 Å². The summed E-state index contributed by atoms with van der Waals surface area (Å²) in [6.07, 6.45) is 0. The predicted octanol–water partition coefficient (Wildman–Crippen LogP) is 2.88. The summed E-state index contributed by atoms with van der Waals surface area (Å²) in [6, 6.07) is 10.8. The number of halogens is 1. The highest BCUT2D eigenvalue weighted by atomic mass is 35.5. The van der Waals surface area contributed by atoms with E-state index in [1.807, 2.05) is 12.1 Å². The van der Waals surface area contributed by atoms with Crippen LogP contribution in [0.15, 0.2) is 35.1 Å². The van der Waals surface area contributed by atoms with Crippen molar-refractivity contribution in [3.63, 3.8) is 0 Å². The predicted molar refractivity (Wildman–Crippen MR) is 67.0 cm³/mol. The van der Waals surface area contributed by atoms with E-state index < -0.39 is 0 Å². The molecule has 1 aromatic heterocycles. The van der Waals surface area contributed by atoms with Gasteiger partial charge >= 0.3 is 0 Å². The zero-order valence-corrected chi connectivity index (χ0v) is 9.88. The molecule has 0 unspecified atom stereocenters. The van der Waals surface area contributed by atoms with E-state index in [9.17, 15) is 4.79 Å². The van der Waals surface area contributed by atoms with E-state index in [1.165, 1.54) is 0 Å². The largest absolute Gasteiger partial charge is 0.325 e. The highest BCUT2D eigenvalue weighted by Crippen LogP contribution is 2.28. The lowest BCUT2D eigenvalue weighted by atomic mass is 10.0. The zero-order valence-electron chi connectivity index (χ0n) is 9.12. The summed E-state index contributed by atoms with van der Waals surface area (Å²) in [5.74, 6) is 0. The summed E-state index contributed by atoms with van der Waals surface area (Å²) in [5, 5.41) is 9.55. The molecule has 4 heteroatoms. The van der Waals surface area contributed by atoms with E-state index in [0.29, 0.717) is 21.8 Å². The van der Waals surface area contributed by atoms with E-state index in [2.05, 4.69) is 4.98 Å². The van der Waals surface area contributed by atoms with E-state index in [0.717, 1.165) is 0 Å². The molecule has 0 fully saturated rings. The van der Waals surface area contributed by atoms with Gasteiger partial charge in [0.1, 0.15) is 11.6 Å². The lowest BCUT2D eigenvalue weighted by Gasteiger charge is -2.06. The van der Waals surface area contributed by atoms with E-state index in [-0.39, 0.29) is 11.1 Å². The van der Waals surface area contributed by atoms with E-state index >= 15 is 0 Å². The van der Waals surface area contributed by atoms with Crippen molar-refractivity contribution in [1.29, 1.82) is 5.26 Å². The molecule has 0 saturated heterocycles. The van der Waals surface area contributed by atoms with Crippen LogP contribution in [0, 0.1) is 18.3 Å². The third-order valence-corrected chi connectivity index (χ3v) is 2.77. The van der Waals surface area contributed by atoms with Crippen molar-refractivity contribution < 1.29 is 0 Å². The van der Waals surface area contributed by atoms with Crippen LogP contribution in [0.3, 0.4) is 0 Å². The summed E-state index contributed by atoms with van der Waals surface area (Å²) in [4.78, 5) is 14.3. The second-order valence-corrected chi connectivity index (χ2v) is 4.07. The molecule has 0 amide bonds. The topological polar surface area (TPSA) is 56.6 Å². The van der Waals surface area contributed by atoms with Crippen LogP contribution >= 0.6 is 11.6 Å².